The van der Waals surface area contributed by atoms with Gasteiger partial charge in [0.15, 0.2) is 0 Å². The summed E-state index contributed by atoms with van der Waals surface area (Å²) in [5.74, 6) is 0. The molecule has 9 aromatic rings. The van der Waals surface area contributed by atoms with Gasteiger partial charge in [0.1, 0.15) is 0 Å². The Morgan fingerprint density at radius 2 is 1.15 bits per heavy atom. The molecule has 7 aromatic carbocycles. The van der Waals surface area contributed by atoms with E-state index in [1.165, 1.54) is 71.7 Å². The summed E-state index contributed by atoms with van der Waals surface area (Å²) in [4.78, 5) is 6.34. The zero-order chi connectivity index (χ0) is 32.0. The molecule has 1 N–H and O–H groups in total. The van der Waals surface area contributed by atoms with Crippen molar-refractivity contribution in [2.24, 2.45) is 0 Å². The predicted molar refractivity (Wildman–Crippen MR) is 202 cm³/mol. The molecule has 0 atom stereocenters. The van der Waals surface area contributed by atoms with Gasteiger partial charge < -0.3 is 14.5 Å². The van der Waals surface area contributed by atoms with Crippen molar-refractivity contribution in [2.75, 3.05) is 4.90 Å². The largest absolute Gasteiger partial charge is 0.353 e. The highest BCUT2D eigenvalue weighted by Gasteiger charge is 2.41. The van der Waals surface area contributed by atoms with E-state index in [2.05, 4.69) is 186 Å². The summed E-state index contributed by atoms with van der Waals surface area (Å²) in [6.45, 7) is 4.81. The monoisotopic (exact) mass is 615 g/mol. The van der Waals surface area contributed by atoms with Crippen LogP contribution in [0.2, 0.25) is 0 Å². The number of rotatable bonds is 3. The van der Waals surface area contributed by atoms with E-state index in [4.69, 9.17) is 0 Å². The van der Waals surface area contributed by atoms with Gasteiger partial charge in [-0.25, -0.2) is 0 Å². The summed E-state index contributed by atoms with van der Waals surface area (Å²) >= 11 is 0. The zero-order valence-corrected chi connectivity index (χ0v) is 26.9. The summed E-state index contributed by atoms with van der Waals surface area (Å²) in [6, 6.07) is 57.4. The molecule has 0 bridgehead atoms. The molecular formula is C45H33N3. The molecule has 0 saturated heterocycles. The minimum absolute atomic E-state index is 0.308. The van der Waals surface area contributed by atoms with Crippen molar-refractivity contribution in [2.45, 2.75) is 19.3 Å². The van der Waals surface area contributed by atoms with Crippen LogP contribution < -0.4 is 4.90 Å². The Morgan fingerprint density at radius 3 is 1.94 bits per heavy atom. The molecule has 3 nitrogen and oxygen atoms in total. The molecule has 0 aliphatic carbocycles. The first-order valence-corrected chi connectivity index (χ1v) is 16.7. The zero-order valence-electron chi connectivity index (χ0n) is 26.9. The second-order valence-corrected chi connectivity index (χ2v) is 13.5. The second kappa shape index (κ2) is 9.97. The highest BCUT2D eigenvalue weighted by atomic mass is 15.2. The van der Waals surface area contributed by atoms with E-state index in [0.29, 0.717) is 0 Å². The van der Waals surface area contributed by atoms with Crippen LogP contribution in [0.5, 0.6) is 0 Å². The number of nitrogens with one attached hydrogen (secondary N) is 1. The average molecular weight is 616 g/mol. The maximum Gasteiger partial charge on any atom is 0.0744 e. The van der Waals surface area contributed by atoms with Crippen LogP contribution >= 0.6 is 0 Å². The first kappa shape index (κ1) is 27.1. The number of para-hydroxylation sites is 3. The molecule has 1 aliphatic heterocycles. The lowest BCUT2D eigenvalue weighted by atomic mass is 9.72. The number of hydrogen-bond acceptors (Lipinski definition) is 1. The minimum atomic E-state index is -0.308. The smallest absolute Gasteiger partial charge is 0.0744 e. The number of aromatic nitrogens is 2. The van der Waals surface area contributed by atoms with Crippen molar-refractivity contribution in [1.82, 2.24) is 9.55 Å². The molecule has 1 aliphatic rings. The highest BCUT2D eigenvalue weighted by Crippen LogP contribution is 2.57. The Bertz CT molecular complexity index is 2680. The van der Waals surface area contributed by atoms with Crippen molar-refractivity contribution < 1.29 is 0 Å². The lowest BCUT2D eigenvalue weighted by Gasteiger charge is -2.43. The summed E-state index contributed by atoms with van der Waals surface area (Å²) in [5, 5.41) is 5.04. The van der Waals surface area contributed by atoms with E-state index in [1.54, 1.807) is 0 Å². The fourth-order valence-corrected chi connectivity index (χ4v) is 8.29. The van der Waals surface area contributed by atoms with Crippen LogP contribution in [0.4, 0.5) is 17.1 Å². The first-order valence-electron chi connectivity index (χ1n) is 16.7. The SMILES string of the molecule is CC1(C)c2ccc3c([nH]c4ccccc43)c2N(c2ccccc2)c2ccc3c4ccccc4n(-c4ccc(-c5ccccc5)cc4)c3c21. The van der Waals surface area contributed by atoms with E-state index in [9.17, 15) is 0 Å². The van der Waals surface area contributed by atoms with E-state index in [-0.39, 0.29) is 5.41 Å². The van der Waals surface area contributed by atoms with Gasteiger partial charge in [-0.15, -0.1) is 0 Å². The highest BCUT2D eigenvalue weighted by molar-refractivity contribution is 6.17. The van der Waals surface area contributed by atoms with Crippen LogP contribution in [0.15, 0.2) is 158 Å². The van der Waals surface area contributed by atoms with Crippen molar-refractivity contribution in [1.29, 1.82) is 0 Å². The maximum absolute atomic E-state index is 3.84. The van der Waals surface area contributed by atoms with E-state index in [0.717, 1.165) is 16.9 Å². The third-order valence-corrected chi connectivity index (χ3v) is 10.5. The molecule has 228 valence electrons. The van der Waals surface area contributed by atoms with E-state index < -0.39 is 0 Å². The number of fused-ring (bicyclic) bond motifs is 10. The second-order valence-electron chi connectivity index (χ2n) is 13.5. The summed E-state index contributed by atoms with van der Waals surface area (Å²) < 4.78 is 2.50. The van der Waals surface area contributed by atoms with Gasteiger partial charge in [-0.2, -0.15) is 0 Å². The van der Waals surface area contributed by atoms with Crippen LogP contribution in [0.1, 0.15) is 25.0 Å². The summed E-state index contributed by atoms with van der Waals surface area (Å²) in [6.07, 6.45) is 0. The van der Waals surface area contributed by atoms with Gasteiger partial charge in [-0.1, -0.05) is 129 Å². The molecule has 0 unspecified atom stereocenters. The Labute approximate surface area is 279 Å². The Hall–Kier alpha value is -6.06. The van der Waals surface area contributed by atoms with Crippen LogP contribution in [0.3, 0.4) is 0 Å². The van der Waals surface area contributed by atoms with E-state index in [1.807, 2.05) is 0 Å². The van der Waals surface area contributed by atoms with Gasteiger partial charge in [0.2, 0.25) is 0 Å². The van der Waals surface area contributed by atoms with Crippen molar-refractivity contribution >= 4 is 60.7 Å². The average Bonchev–Trinajstić information content (AvgIpc) is 3.68. The maximum atomic E-state index is 3.84. The van der Waals surface area contributed by atoms with Crippen molar-refractivity contribution in [3.8, 4) is 16.8 Å². The lowest BCUT2D eigenvalue weighted by Crippen LogP contribution is -2.31. The van der Waals surface area contributed by atoms with E-state index >= 15 is 0 Å². The van der Waals surface area contributed by atoms with Crippen molar-refractivity contribution in [3.05, 3.63) is 169 Å². The third kappa shape index (κ3) is 3.70. The number of anilines is 3. The van der Waals surface area contributed by atoms with Gasteiger partial charge in [-0.3, -0.25) is 0 Å². The van der Waals surface area contributed by atoms with Gasteiger partial charge in [0, 0.05) is 49.4 Å². The molecule has 0 saturated carbocycles. The molecule has 0 spiro atoms. The molecule has 3 heteroatoms. The third-order valence-electron chi connectivity index (χ3n) is 10.5. The molecule has 3 heterocycles. The Morgan fingerprint density at radius 1 is 0.500 bits per heavy atom. The molecule has 2 aromatic heterocycles. The topological polar surface area (TPSA) is 24.0 Å². The van der Waals surface area contributed by atoms with Crippen LogP contribution in [-0.2, 0) is 5.41 Å². The minimum Gasteiger partial charge on any atom is -0.353 e. The van der Waals surface area contributed by atoms with Crippen molar-refractivity contribution in [3.63, 3.8) is 0 Å². The Kier molecular flexibility index (Phi) is 5.63. The number of H-pyrrole nitrogens is 1. The van der Waals surface area contributed by atoms with Gasteiger partial charge >= 0.3 is 0 Å². The summed E-state index contributed by atoms with van der Waals surface area (Å²) in [7, 11) is 0. The quantitative estimate of drug-likeness (QED) is 0.210. The first-order chi connectivity index (χ1) is 23.6. The van der Waals surface area contributed by atoms with Crippen LogP contribution in [0, 0.1) is 0 Å². The Balaban J connectivity index is 1.31. The number of benzene rings is 7. The number of nitrogens with zero attached hydrogens (tertiary/aromatic N) is 2. The van der Waals surface area contributed by atoms with Gasteiger partial charge in [0.05, 0.1) is 27.9 Å². The van der Waals surface area contributed by atoms with Crippen LogP contribution in [0.25, 0.3) is 60.4 Å². The molecular weight excluding hydrogens is 583 g/mol. The fraction of sp³-hybridized carbons (Fsp3) is 0.0667. The van der Waals surface area contributed by atoms with Gasteiger partial charge in [0.25, 0.3) is 0 Å². The molecule has 48 heavy (non-hydrogen) atoms. The standard InChI is InChI=1S/C45H33N3/c1-45(2)37-27-25-35-33-17-9-11-19-38(33)46-42(35)44(37)48(31-15-7-4-8-16-31)40-28-26-36-34-18-10-12-20-39(34)47(43(36)41(40)45)32-23-21-30(22-24-32)29-13-5-3-6-14-29/h3-28,46H,1-2H3. The normalized spacial score (nSPS) is 13.8. The molecule has 0 radical (unpaired) electrons. The number of hydrogen-bond donors (Lipinski definition) is 1. The lowest BCUT2D eigenvalue weighted by molar-refractivity contribution is 0.637. The van der Waals surface area contributed by atoms with Gasteiger partial charge in [-0.05, 0) is 59.2 Å². The molecule has 0 amide bonds. The molecule has 10 rings (SSSR count). The summed E-state index contributed by atoms with van der Waals surface area (Å²) in [5.41, 5.74) is 14.3. The number of aromatic amines is 1. The van der Waals surface area contributed by atoms with Crippen LogP contribution in [-0.4, -0.2) is 9.55 Å². The predicted octanol–water partition coefficient (Wildman–Crippen LogP) is 12.2. The molecule has 0 fully saturated rings. The fourth-order valence-electron chi connectivity index (χ4n) is 8.29.